The lowest BCUT2D eigenvalue weighted by molar-refractivity contribution is -0.384. The molecule has 11 heteroatoms. The van der Waals surface area contributed by atoms with E-state index in [0.29, 0.717) is 36.0 Å². The number of anilines is 2. The Kier molecular flexibility index (Phi) is 6.92. The number of nitrogens with zero attached hydrogens (tertiary/aromatic N) is 4. The van der Waals surface area contributed by atoms with E-state index in [1.54, 1.807) is 36.5 Å². The summed E-state index contributed by atoms with van der Waals surface area (Å²) >= 11 is 0. The summed E-state index contributed by atoms with van der Waals surface area (Å²) in [5.74, 6) is 0.324. The number of nitro benzene ring substituents is 1. The predicted molar refractivity (Wildman–Crippen MR) is 125 cm³/mol. The maximum absolute atomic E-state index is 12.5. The highest BCUT2D eigenvalue weighted by Gasteiger charge is 2.16. The molecule has 33 heavy (non-hydrogen) atoms. The van der Waals surface area contributed by atoms with Crippen LogP contribution < -0.4 is 10.0 Å². The van der Waals surface area contributed by atoms with E-state index in [9.17, 15) is 18.5 Å². The molecule has 0 atom stereocenters. The van der Waals surface area contributed by atoms with Crippen LogP contribution in [0.5, 0.6) is 0 Å². The molecule has 0 saturated carbocycles. The molecule has 0 spiro atoms. The molecule has 172 valence electrons. The molecule has 0 amide bonds. The molecule has 0 bridgehead atoms. The van der Waals surface area contributed by atoms with E-state index < -0.39 is 14.9 Å². The number of nitrogens with one attached hydrogen (secondary N) is 2. The first-order chi connectivity index (χ1) is 15.9. The lowest BCUT2D eigenvalue weighted by atomic mass is 10.1. The second-order valence-electron chi connectivity index (χ2n) is 7.67. The number of sulfonamides is 1. The zero-order chi connectivity index (χ0) is 23.3. The molecule has 0 unspecified atom stereocenters. The summed E-state index contributed by atoms with van der Waals surface area (Å²) in [5.41, 5.74) is 1.95. The minimum atomic E-state index is -3.58. The Morgan fingerprint density at radius 3 is 2.36 bits per heavy atom. The molecule has 4 rings (SSSR count). The molecule has 1 saturated heterocycles. The fourth-order valence-corrected chi connectivity index (χ4v) is 4.63. The molecule has 1 aromatic heterocycles. The molecule has 0 aliphatic carbocycles. The Bertz CT molecular complexity index is 1210. The van der Waals surface area contributed by atoms with Gasteiger partial charge < -0.3 is 10.2 Å². The van der Waals surface area contributed by atoms with E-state index in [1.165, 1.54) is 37.1 Å². The van der Waals surface area contributed by atoms with Gasteiger partial charge in [-0.3, -0.25) is 10.1 Å². The Labute approximate surface area is 191 Å². The highest BCUT2D eigenvalue weighted by Crippen LogP contribution is 2.23. The third-order valence-corrected chi connectivity index (χ3v) is 6.85. The highest BCUT2D eigenvalue weighted by molar-refractivity contribution is 7.89. The van der Waals surface area contributed by atoms with Crippen molar-refractivity contribution in [2.24, 2.45) is 0 Å². The first kappa shape index (κ1) is 22.8. The number of rotatable bonds is 9. The van der Waals surface area contributed by atoms with Gasteiger partial charge in [0.1, 0.15) is 0 Å². The molecule has 10 nitrogen and oxygen atoms in total. The largest absolute Gasteiger partial charge is 0.324 e. The number of aromatic nitrogens is 2. The van der Waals surface area contributed by atoms with E-state index in [1.807, 2.05) is 0 Å². The van der Waals surface area contributed by atoms with Crippen LogP contribution in [0.4, 0.5) is 17.3 Å². The number of likely N-dealkylation sites (tertiary alicyclic amines) is 1. The maximum Gasteiger partial charge on any atom is 0.269 e. The summed E-state index contributed by atoms with van der Waals surface area (Å²) in [6, 6.07) is 14.2. The van der Waals surface area contributed by atoms with E-state index in [0.717, 1.165) is 13.1 Å². The Morgan fingerprint density at radius 2 is 1.70 bits per heavy atom. The van der Waals surface area contributed by atoms with Gasteiger partial charge in [0.25, 0.3) is 5.69 Å². The van der Waals surface area contributed by atoms with Crippen molar-refractivity contribution in [3.05, 3.63) is 70.9 Å². The summed E-state index contributed by atoms with van der Waals surface area (Å²) in [6.07, 6.45) is 3.92. The molecule has 1 aliphatic rings. The van der Waals surface area contributed by atoms with Gasteiger partial charge in [0.15, 0.2) is 0 Å². The SMILES string of the molecule is O=[N+]([O-])c1ccc(-c2ccnc(Nc3ccc(S(=O)(=O)NCCN4CCCC4)cc3)n2)cc1. The molecule has 1 fully saturated rings. The molecule has 2 heterocycles. The molecule has 2 N–H and O–H groups in total. The van der Waals surface area contributed by atoms with Gasteiger partial charge in [-0.1, -0.05) is 0 Å². The monoisotopic (exact) mass is 468 g/mol. The van der Waals surface area contributed by atoms with Gasteiger partial charge in [-0.2, -0.15) is 0 Å². The molecule has 1 aliphatic heterocycles. The molecule has 2 aromatic carbocycles. The van der Waals surface area contributed by atoms with Crippen LogP contribution in [0.1, 0.15) is 12.8 Å². The van der Waals surface area contributed by atoms with Crippen molar-refractivity contribution < 1.29 is 13.3 Å². The minimum absolute atomic E-state index is 0.00623. The third kappa shape index (κ3) is 5.89. The fraction of sp³-hybridized carbons (Fsp3) is 0.273. The molecular weight excluding hydrogens is 444 g/mol. The summed E-state index contributed by atoms with van der Waals surface area (Å²) in [5, 5.41) is 13.9. The topological polar surface area (TPSA) is 130 Å². The second kappa shape index (κ2) is 10.0. The molecule has 3 aromatic rings. The van der Waals surface area contributed by atoms with Gasteiger partial charge in [0.2, 0.25) is 16.0 Å². The number of hydrogen-bond acceptors (Lipinski definition) is 8. The van der Waals surface area contributed by atoms with Gasteiger partial charge in [-0.05, 0) is 68.4 Å². The lowest BCUT2D eigenvalue weighted by Crippen LogP contribution is -2.33. The van der Waals surface area contributed by atoms with E-state index in [-0.39, 0.29) is 10.6 Å². The standard InChI is InChI=1S/C22H24N6O4S/c29-28(30)19-7-3-17(4-8-19)21-11-12-23-22(26-21)25-18-5-9-20(10-6-18)33(31,32)24-13-16-27-14-1-2-15-27/h3-12,24H,1-2,13-16H2,(H,23,25,26). The smallest absolute Gasteiger partial charge is 0.269 e. The average Bonchev–Trinajstić information content (AvgIpc) is 3.33. The van der Waals surface area contributed by atoms with Crippen LogP contribution in [0.15, 0.2) is 65.7 Å². The maximum atomic E-state index is 12.5. The summed E-state index contributed by atoms with van der Waals surface area (Å²) in [4.78, 5) is 21.4. The Hall–Kier alpha value is -3.41. The lowest BCUT2D eigenvalue weighted by Gasteiger charge is -2.15. The first-order valence-electron chi connectivity index (χ1n) is 10.6. The van der Waals surface area contributed by atoms with Crippen LogP contribution in [-0.2, 0) is 10.0 Å². The van der Waals surface area contributed by atoms with Crippen LogP contribution >= 0.6 is 0 Å². The summed E-state index contributed by atoms with van der Waals surface area (Å²) in [6.45, 7) is 3.14. The van der Waals surface area contributed by atoms with Crippen molar-refractivity contribution in [3.63, 3.8) is 0 Å². The van der Waals surface area contributed by atoms with Crippen LogP contribution in [-0.4, -0.2) is 54.4 Å². The van der Waals surface area contributed by atoms with Crippen molar-refractivity contribution in [2.75, 3.05) is 31.5 Å². The van der Waals surface area contributed by atoms with Gasteiger partial charge in [0, 0.05) is 42.7 Å². The summed E-state index contributed by atoms with van der Waals surface area (Å²) in [7, 11) is -3.58. The van der Waals surface area contributed by atoms with Gasteiger partial charge >= 0.3 is 0 Å². The second-order valence-corrected chi connectivity index (χ2v) is 9.43. The molecular formula is C22H24N6O4S. The highest BCUT2D eigenvalue weighted by atomic mass is 32.2. The Balaban J connectivity index is 1.39. The van der Waals surface area contributed by atoms with E-state index >= 15 is 0 Å². The van der Waals surface area contributed by atoms with Gasteiger partial charge in [0.05, 0.1) is 15.5 Å². The predicted octanol–water partition coefficient (Wildman–Crippen LogP) is 3.17. The quantitative estimate of drug-likeness (QED) is 0.362. The third-order valence-electron chi connectivity index (χ3n) is 5.37. The van der Waals surface area contributed by atoms with Gasteiger partial charge in [-0.15, -0.1) is 0 Å². The van der Waals surface area contributed by atoms with Gasteiger partial charge in [-0.25, -0.2) is 23.1 Å². The van der Waals surface area contributed by atoms with Crippen molar-refractivity contribution in [2.45, 2.75) is 17.7 Å². The van der Waals surface area contributed by atoms with Crippen LogP contribution in [0.2, 0.25) is 0 Å². The number of hydrogen-bond donors (Lipinski definition) is 2. The van der Waals surface area contributed by atoms with Crippen LogP contribution in [0.25, 0.3) is 11.3 Å². The number of non-ortho nitro benzene ring substituents is 1. The zero-order valence-electron chi connectivity index (χ0n) is 17.8. The first-order valence-corrected chi connectivity index (χ1v) is 12.1. The zero-order valence-corrected chi connectivity index (χ0v) is 18.7. The number of benzene rings is 2. The average molecular weight is 469 g/mol. The Morgan fingerprint density at radius 1 is 1.00 bits per heavy atom. The van der Waals surface area contributed by atoms with Crippen LogP contribution in [0.3, 0.4) is 0 Å². The van der Waals surface area contributed by atoms with E-state index in [4.69, 9.17) is 0 Å². The number of nitro groups is 1. The van der Waals surface area contributed by atoms with Crippen molar-refractivity contribution >= 4 is 27.3 Å². The van der Waals surface area contributed by atoms with E-state index in [2.05, 4.69) is 24.9 Å². The fourth-order valence-electron chi connectivity index (χ4n) is 3.61. The van der Waals surface area contributed by atoms with Crippen molar-refractivity contribution in [1.82, 2.24) is 19.6 Å². The van der Waals surface area contributed by atoms with Crippen molar-refractivity contribution in [1.29, 1.82) is 0 Å². The van der Waals surface area contributed by atoms with Crippen LogP contribution in [0, 0.1) is 10.1 Å². The normalized spacial score (nSPS) is 14.3. The minimum Gasteiger partial charge on any atom is -0.324 e. The summed E-state index contributed by atoms with van der Waals surface area (Å²) < 4.78 is 27.7. The van der Waals surface area contributed by atoms with Crippen molar-refractivity contribution in [3.8, 4) is 11.3 Å². The molecule has 0 radical (unpaired) electrons.